The number of benzene rings is 1. The van der Waals surface area contributed by atoms with Gasteiger partial charge in [-0.1, -0.05) is 19.3 Å². The van der Waals surface area contributed by atoms with E-state index in [0.29, 0.717) is 11.5 Å². The first-order valence-electron chi connectivity index (χ1n) is 7.25. The maximum atomic E-state index is 12.2. The van der Waals surface area contributed by atoms with Crippen LogP contribution in [0.15, 0.2) is 18.2 Å². The highest BCUT2D eigenvalue weighted by atomic mass is 16.1. The van der Waals surface area contributed by atoms with Crippen molar-refractivity contribution in [3.05, 3.63) is 29.3 Å². The minimum atomic E-state index is 0.0150. The third kappa shape index (κ3) is 3.49. The van der Waals surface area contributed by atoms with Crippen LogP contribution in [0.1, 0.15) is 54.9 Å². The largest absolute Gasteiger partial charge is 0.399 e. The molecule has 3 N–H and O–H groups in total. The van der Waals surface area contributed by atoms with Gasteiger partial charge in [-0.3, -0.25) is 4.79 Å². The summed E-state index contributed by atoms with van der Waals surface area (Å²) in [5.74, 6) is 0.647. The van der Waals surface area contributed by atoms with Crippen LogP contribution in [-0.4, -0.2) is 11.9 Å². The number of rotatable bonds is 3. The summed E-state index contributed by atoms with van der Waals surface area (Å²) in [6, 6.07) is 5.71. The Morgan fingerprint density at radius 1 is 1.32 bits per heavy atom. The Morgan fingerprint density at radius 2 is 2.00 bits per heavy atom. The van der Waals surface area contributed by atoms with E-state index in [1.165, 1.54) is 32.1 Å². The molecule has 1 fully saturated rings. The first kappa shape index (κ1) is 13.9. The molecule has 3 heteroatoms. The summed E-state index contributed by atoms with van der Waals surface area (Å²) in [4.78, 5) is 12.2. The van der Waals surface area contributed by atoms with Crippen LogP contribution in [0.3, 0.4) is 0 Å². The van der Waals surface area contributed by atoms with Crippen molar-refractivity contribution in [1.82, 2.24) is 5.32 Å². The second-order valence-corrected chi connectivity index (χ2v) is 5.73. The van der Waals surface area contributed by atoms with Crippen molar-refractivity contribution in [3.8, 4) is 0 Å². The van der Waals surface area contributed by atoms with Gasteiger partial charge < -0.3 is 11.1 Å². The zero-order chi connectivity index (χ0) is 13.8. The third-order valence-electron chi connectivity index (χ3n) is 4.25. The Labute approximate surface area is 115 Å². The zero-order valence-electron chi connectivity index (χ0n) is 11.9. The number of carbonyl (C=O) groups excluding carboxylic acids is 1. The first-order valence-corrected chi connectivity index (χ1v) is 7.25. The quantitative estimate of drug-likeness (QED) is 0.819. The van der Waals surface area contributed by atoms with Crippen LogP contribution in [-0.2, 0) is 0 Å². The highest BCUT2D eigenvalue weighted by Gasteiger charge is 2.21. The molecule has 1 aromatic rings. The van der Waals surface area contributed by atoms with E-state index in [1.807, 2.05) is 13.0 Å². The van der Waals surface area contributed by atoms with Crippen LogP contribution < -0.4 is 11.1 Å². The fourth-order valence-electron chi connectivity index (χ4n) is 2.86. The van der Waals surface area contributed by atoms with Gasteiger partial charge in [-0.25, -0.2) is 0 Å². The minimum Gasteiger partial charge on any atom is -0.399 e. The number of amides is 1. The van der Waals surface area contributed by atoms with Gasteiger partial charge in [-0.15, -0.1) is 0 Å². The Morgan fingerprint density at radius 3 is 2.63 bits per heavy atom. The summed E-state index contributed by atoms with van der Waals surface area (Å²) in [7, 11) is 0. The number of aryl methyl sites for hydroxylation is 1. The van der Waals surface area contributed by atoms with Crippen LogP contribution in [0.25, 0.3) is 0 Å². The van der Waals surface area contributed by atoms with E-state index < -0.39 is 0 Å². The summed E-state index contributed by atoms with van der Waals surface area (Å²) >= 11 is 0. The molecule has 2 rings (SSSR count). The molecular formula is C16H24N2O. The van der Waals surface area contributed by atoms with E-state index in [2.05, 4.69) is 12.2 Å². The van der Waals surface area contributed by atoms with E-state index in [0.717, 1.165) is 11.3 Å². The minimum absolute atomic E-state index is 0.0150. The van der Waals surface area contributed by atoms with Gasteiger partial charge in [0.1, 0.15) is 0 Å². The monoisotopic (exact) mass is 260 g/mol. The van der Waals surface area contributed by atoms with E-state index in [9.17, 15) is 4.79 Å². The van der Waals surface area contributed by atoms with E-state index in [-0.39, 0.29) is 11.9 Å². The molecule has 0 aliphatic heterocycles. The molecular weight excluding hydrogens is 236 g/mol. The number of hydrogen-bond donors (Lipinski definition) is 2. The van der Waals surface area contributed by atoms with Gasteiger partial charge in [0.25, 0.3) is 5.91 Å². The van der Waals surface area contributed by atoms with Crippen LogP contribution >= 0.6 is 0 Å². The van der Waals surface area contributed by atoms with E-state index >= 15 is 0 Å². The van der Waals surface area contributed by atoms with E-state index in [4.69, 9.17) is 5.73 Å². The summed E-state index contributed by atoms with van der Waals surface area (Å²) in [6.45, 7) is 4.05. The van der Waals surface area contributed by atoms with E-state index in [1.54, 1.807) is 12.1 Å². The molecule has 1 amide bonds. The molecule has 104 valence electrons. The number of nitrogens with one attached hydrogen (secondary N) is 1. The van der Waals surface area contributed by atoms with Gasteiger partial charge in [0.2, 0.25) is 0 Å². The Bertz CT molecular complexity index is 450. The topological polar surface area (TPSA) is 55.1 Å². The maximum Gasteiger partial charge on any atom is 0.251 e. The lowest BCUT2D eigenvalue weighted by Gasteiger charge is -2.28. The SMILES string of the molecule is Cc1cc(C(=O)N[C@@H](C)C2CCCCC2)ccc1N. The van der Waals surface area contributed by atoms with Crippen molar-refractivity contribution < 1.29 is 4.79 Å². The molecule has 19 heavy (non-hydrogen) atoms. The lowest BCUT2D eigenvalue weighted by atomic mass is 9.84. The molecule has 0 bridgehead atoms. The van der Waals surface area contributed by atoms with Crippen LogP contribution in [0, 0.1) is 12.8 Å². The molecule has 0 heterocycles. The van der Waals surface area contributed by atoms with Crippen molar-refractivity contribution in [2.45, 2.75) is 52.0 Å². The predicted octanol–water partition coefficient (Wildman–Crippen LogP) is 3.28. The number of carbonyl (C=O) groups is 1. The maximum absolute atomic E-state index is 12.2. The average molecular weight is 260 g/mol. The fourth-order valence-corrected chi connectivity index (χ4v) is 2.86. The molecule has 0 aromatic heterocycles. The lowest BCUT2D eigenvalue weighted by molar-refractivity contribution is 0.0919. The van der Waals surface area contributed by atoms with Crippen molar-refractivity contribution in [2.75, 3.05) is 5.73 Å². The van der Waals surface area contributed by atoms with Crippen molar-refractivity contribution in [1.29, 1.82) is 0 Å². The normalized spacial score (nSPS) is 18.0. The van der Waals surface area contributed by atoms with Crippen molar-refractivity contribution in [2.24, 2.45) is 5.92 Å². The number of nitrogen functional groups attached to an aromatic ring is 1. The predicted molar refractivity (Wildman–Crippen MR) is 79.1 cm³/mol. The molecule has 1 aliphatic rings. The molecule has 0 spiro atoms. The molecule has 0 radical (unpaired) electrons. The molecule has 1 saturated carbocycles. The van der Waals surface area contributed by atoms with Gasteiger partial charge in [0.15, 0.2) is 0 Å². The Balaban J connectivity index is 1.97. The second kappa shape index (κ2) is 6.09. The van der Waals surface area contributed by atoms with Crippen LogP contribution in [0.2, 0.25) is 0 Å². The summed E-state index contributed by atoms with van der Waals surface area (Å²) < 4.78 is 0. The fraction of sp³-hybridized carbons (Fsp3) is 0.562. The highest BCUT2D eigenvalue weighted by Crippen LogP contribution is 2.26. The first-order chi connectivity index (χ1) is 9.08. The molecule has 1 atom stereocenters. The van der Waals surface area contributed by atoms with Gasteiger partial charge in [0.05, 0.1) is 0 Å². The van der Waals surface area contributed by atoms with Gasteiger partial charge in [0, 0.05) is 17.3 Å². The second-order valence-electron chi connectivity index (χ2n) is 5.73. The van der Waals surface area contributed by atoms with Crippen molar-refractivity contribution >= 4 is 11.6 Å². The Kier molecular flexibility index (Phi) is 4.46. The van der Waals surface area contributed by atoms with Crippen molar-refractivity contribution in [3.63, 3.8) is 0 Å². The lowest BCUT2D eigenvalue weighted by Crippen LogP contribution is -2.38. The Hall–Kier alpha value is -1.51. The van der Waals surface area contributed by atoms with Crippen LogP contribution in [0.5, 0.6) is 0 Å². The molecule has 0 saturated heterocycles. The third-order valence-corrected chi connectivity index (χ3v) is 4.25. The highest BCUT2D eigenvalue weighted by molar-refractivity contribution is 5.95. The molecule has 0 unspecified atom stereocenters. The summed E-state index contributed by atoms with van der Waals surface area (Å²) in [5, 5.41) is 3.13. The van der Waals surface area contributed by atoms with Gasteiger partial charge in [-0.05, 0) is 56.4 Å². The summed E-state index contributed by atoms with van der Waals surface area (Å²) in [5.41, 5.74) is 8.17. The smallest absolute Gasteiger partial charge is 0.251 e. The number of nitrogens with two attached hydrogens (primary N) is 1. The number of hydrogen-bond acceptors (Lipinski definition) is 2. The van der Waals surface area contributed by atoms with Crippen LogP contribution in [0.4, 0.5) is 5.69 Å². The summed E-state index contributed by atoms with van der Waals surface area (Å²) in [6.07, 6.45) is 6.41. The average Bonchev–Trinajstić information content (AvgIpc) is 2.42. The molecule has 3 nitrogen and oxygen atoms in total. The molecule has 1 aliphatic carbocycles. The number of anilines is 1. The zero-order valence-corrected chi connectivity index (χ0v) is 11.9. The van der Waals surface area contributed by atoms with Gasteiger partial charge in [-0.2, -0.15) is 0 Å². The molecule has 1 aromatic carbocycles. The standard InChI is InChI=1S/C16H24N2O/c1-11-10-14(8-9-15(11)17)16(19)18-12(2)13-6-4-3-5-7-13/h8-10,12-13H,3-7,17H2,1-2H3,(H,18,19)/t12-/m0/s1. The van der Waals surface area contributed by atoms with Gasteiger partial charge >= 0.3 is 0 Å².